The van der Waals surface area contributed by atoms with Crippen molar-refractivity contribution in [2.45, 2.75) is 26.1 Å². The third kappa shape index (κ3) is 1.60. The predicted molar refractivity (Wildman–Crippen MR) is 40.2 cm³/mol. The number of carbonyl (C=O) groups excluding carboxylic acids is 1. The van der Waals surface area contributed by atoms with Crippen LogP contribution in [0.2, 0.25) is 0 Å². The van der Waals surface area contributed by atoms with E-state index in [0.717, 1.165) is 6.29 Å². The Labute approximate surface area is 66.7 Å². The summed E-state index contributed by atoms with van der Waals surface area (Å²) in [4.78, 5) is 10.3. The first-order valence-corrected chi connectivity index (χ1v) is 3.93. The van der Waals surface area contributed by atoms with Crippen LogP contribution >= 0.6 is 0 Å². The summed E-state index contributed by atoms with van der Waals surface area (Å²) in [6.07, 6.45) is 1.19. The van der Waals surface area contributed by atoms with Crippen LogP contribution in [0.5, 0.6) is 0 Å². The highest BCUT2D eigenvalue weighted by Crippen LogP contribution is 2.30. The third-order valence-corrected chi connectivity index (χ3v) is 2.02. The van der Waals surface area contributed by atoms with E-state index in [-0.39, 0.29) is 5.92 Å². The zero-order chi connectivity index (χ0) is 8.32. The van der Waals surface area contributed by atoms with Gasteiger partial charge in [0.25, 0.3) is 0 Å². The number of aldehydes is 1. The van der Waals surface area contributed by atoms with E-state index in [1.807, 2.05) is 13.8 Å². The average molecular weight is 158 g/mol. The molecule has 0 aromatic carbocycles. The molecule has 0 saturated carbocycles. The van der Waals surface area contributed by atoms with Crippen molar-refractivity contribution in [2.75, 3.05) is 13.2 Å². The molecule has 0 spiro atoms. The minimum atomic E-state index is -0.623. The lowest BCUT2D eigenvalue weighted by Gasteiger charge is -2.29. The maximum absolute atomic E-state index is 10.3. The fourth-order valence-corrected chi connectivity index (χ4v) is 1.27. The summed E-state index contributed by atoms with van der Waals surface area (Å²) in [6.45, 7) is 5.20. The highest BCUT2D eigenvalue weighted by molar-refractivity contribution is 5.51. The van der Waals surface area contributed by atoms with E-state index < -0.39 is 5.79 Å². The molecule has 0 unspecified atom stereocenters. The van der Waals surface area contributed by atoms with E-state index in [4.69, 9.17) is 9.47 Å². The summed E-state index contributed by atoms with van der Waals surface area (Å²) in [6, 6.07) is 0. The van der Waals surface area contributed by atoms with E-state index >= 15 is 0 Å². The van der Waals surface area contributed by atoms with Crippen molar-refractivity contribution in [3.8, 4) is 0 Å². The molecule has 1 aliphatic rings. The molecule has 3 heteroatoms. The Hall–Kier alpha value is -0.410. The van der Waals surface area contributed by atoms with E-state index in [0.29, 0.717) is 19.6 Å². The van der Waals surface area contributed by atoms with Gasteiger partial charge in [-0.05, 0) is 0 Å². The van der Waals surface area contributed by atoms with Gasteiger partial charge < -0.3 is 14.3 Å². The molecular weight excluding hydrogens is 144 g/mol. The number of rotatable bonds is 3. The van der Waals surface area contributed by atoms with Gasteiger partial charge in [0.2, 0.25) is 0 Å². The Balaban J connectivity index is 2.61. The summed E-state index contributed by atoms with van der Waals surface area (Å²) >= 11 is 0. The Morgan fingerprint density at radius 2 is 2.00 bits per heavy atom. The smallest absolute Gasteiger partial charge is 0.177 e. The molecule has 0 aromatic heterocycles. The second kappa shape index (κ2) is 3.32. The number of hydrogen-bond donors (Lipinski definition) is 0. The van der Waals surface area contributed by atoms with Crippen molar-refractivity contribution in [1.82, 2.24) is 0 Å². The topological polar surface area (TPSA) is 35.5 Å². The molecule has 11 heavy (non-hydrogen) atoms. The highest BCUT2D eigenvalue weighted by Gasteiger charge is 2.39. The van der Waals surface area contributed by atoms with Crippen molar-refractivity contribution in [3.63, 3.8) is 0 Å². The SMILES string of the molecule is CC(C)C1(CC=O)OCCO1. The molecule has 0 aliphatic carbocycles. The molecule has 3 nitrogen and oxygen atoms in total. The zero-order valence-corrected chi connectivity index (χ0v) is 7.00. The molecule has 1 fully saturated rings. The van der Waals surface area contributed by atoms with Gasteiger partial charge in [-0.2, -0.15) is 0 Å². The second-order valence-electron chi connectivity index (χ2n) is 3.03. The lowest BCUT2D eigenvalue weighted by molar-refractivity contribution is -0.189. The molecule has 1 aliphatic heterocycles. The summed E-state index contributed by atoms with van der Waals surface area (Å²) < 4.78 is 10.8. The molecule has 0 radical (unpaired) electrons. The number of hydrogen-bond acceptors (Lipinski definition) is 3. The van der Waals surface area contributed by atoms with Crippen LogP contribution in [-0.2, 0) is 14.3 Å². The summed E-state index contributed by atoms with van der Waals surface area (Å²) in [5.41, 5.74) is 0. The minimum absolute atomic E-state index is 0.232. The Bertz CT molecular complexity index is 136. The lowest BCUT2D eigenvalue weighted by atomic mass is 10.0. The van der Waals surface area contributed by atoms with Crippen LogP contribution in [0.3, 0.4) is 0 Å². The molecule has 0 atom stereocenters. The lowest BCUT2D eigenvalue weighted by Crippen LogP contribution is -2.36. The molecule has 1 rings (SSSR count). The van der Waals surface area contributed by atoms with Crippen LogP contribution < -0.4 is 0 Å². The fourth-order valence-electron chi connectivity index (χ4n) is 1.27. The first-order chi connectivity index (χ1) is 5.21. The van der Waals surface area contributed by atoms with Gasteiger partial charge in [-0.3, -0.25) is 0 Å². The molecule has 0 bridgehead atoms. The third-order valence-electron chi connectivity index (χ3n) is 2.02. The van der Waals surface area contributed by atoms with E-state index in [1.165, 1.54) is 0 Å². The number of carbonyl (C=O) groups is 1. The Morgan fingerprint density at radius 3 is 2.36 bits per heavy atom. The highest BCUT2D eigenvalue weighted by atomic mass is 16.7. The van der Waals surface area contributed by atoms with Gasteiger partial charge in [0.05, 0.1) is 19.6 Å². The molecule has 0 aromatic rings. The van der Waals surface area contributed by atoms with Gasteiger partial charge in [-0.1, -0.05) is 13.8 Å². The van der Waals surface area contributed by atoms with Crippen molar-refractivity contribution >= 4 is 6.29 Å². The quantitative estimate of drug-likeness (QED) is 0.574. The normalized spacial score (nSPS) is 22.5. The van der Waals surface area contributed by atoms with E-state index in [1.54, 1.807) is 0 Å². The van der Waals surface area contributed by atoms with Crippen molar-refractivity contribution in [2.24, 2.45) is 5.92 Å². The fraction of sp³-hybridized carbons (Fsp3) is 0.875. The summed E-state index contributed by atoms with van der Waals surface area (Å²) in [5, 5.41) is 0. The van der Waals surface area contributed by atoms with Gasteiger partial charge in [-0.25, -0.2) is 0 Å². The van der Waals surface area contributed by atoms with Crippen LogP contribution in [0.1, 0.15) is 20.3 Å². The molecule has 1 heterocycles. The second-order valence-corrected chi connectivity index (χ2v) is 3.03. The monoisotopic (exact) mass is 158 g/mol. The van der Waals surface area contributed by atoms with Crippen molar-refractivity contribution in [1.29, 1.82) is 0 Å². The summed E-state index contributed by atoms with van der Waals surface area (Å²) in [5.74, 6) is -0.392. The van der Waals surface area contributed by atoms with Crippen molar-refractivity contribution < 1.29 is 14.3 Å². The Morgan fingerprint density at radius 1 is 1.45 bits per heavy atom. The van der Waals surface area contributed by atoms with Gasteiger partial charge in [0, 0.05) is 5.92 Å². The first kappa shape index (κ1) is 8.68. The molecule has 0 amide bonds. The molecule has 1 saturated heterocycles. The van der Waals surface area contributed by atoms with Gasteiger partial charge in [0.15, 0.2) is 5.79 Å². The molecule has 64 valence electrons. The molecule has 0 N–H and O–H groups in total. The average Bonchev–Trinajstić information content (AvgIpc) is 2.38. The van der Waals surface area contributed by atoms with E-state index in [2.05, 4.69) is 0 Å². The zero-order valence-electron chi connectivity index (χ0n) is 7.00. The van der Waals surface area contributed by atoms with Crippen LogP contribution in [0.15, 0.2) is 0 Å². The maximum atomic E-state index is 10.3. The van der Waals surface area contributed by atoms with Gasteiger partial charge in [0.1, 0.15) is 6.29 Å². The van der Waals surface area contributed by atoms with Gasteiger partial charge >= 0.3 is 0 Å². The number of ether oxygens (including phenoxy) is 2. The standard InChI is InChI=1S/C8H14O3/c1-7(2)8(3-4-9)10-5-6-11-8/h4,7H,3,5-6H2,1-2H3. The first-order valence-electron chi connectivity index (χ1n) is 3.93. The minimum Gasteiger partial charge on any atom is -0.347 e. The van der Waals surface area contributed by atoms with Crippen LogP contribution in [0.4, 0.5) is 0 Å². The van der Waals surface area contributed by atoms with Gasteiger partial charge in [-0.15, -0.1) is 0 Å². The van der Waals surface area contributed by atoms with Crippen molar-refractivity contribution in [3.05, 3.63) is 0 Å². The molecular formula is C8H14O3. The maximum Gasteiger partial charge on any atom is 0.177 e. The van der Waals surface area contributed by atoms with Crippen LogP contribution in [0.25, 0.3) is 0 Å². The van der Waals surface area contributed by atoms with Crippen LogP contribution in [-0.4, -0.2) is 25.3 Å². The Kier molecular flexibility index (Phi) is 2.62. The van der Waals surface area contributed by atoms with Crippen LogP contribution in [0, 0.1) is 5.92 Å². The van der Waals surface area contributed by atoms with E-state index in [9.17, 15) is 4.79 Å². The largest absolute Gasteiger partial charge is 0.347 e. The predicted octanol–water partition coefficient (Wildman–Crippen LogP) is 0.974. The summed E-state index contributed by atoms with van der Waals surface area (Å²) in [7, 11) is 0.